The Hall–Kier alpha value is -0.0800. The largest absolute Gasteiger partial charge is 0.390 e. The number of ether oxygens (including phenoxy) is 1. The third-order valence-electron chi connectivity index (χ3n) is 3.83. The van der Waals surface area contributed by atoms with Crippen molar-refractivity contribution in [2.45, 2.75) is 77.9 Å². The minimum Gasteiger partial charge on any atom is -0.390 e. The zero-order valence-corrected chi connectivity index (χ0v) is 11.1. The van der Waals surface area contributed by atoms with Crippen molar-refractivity contribution in [1.29, 1.82) is 0 Å². The van der Waals surface area contributed by atoms with Crippen molar-refractivity contribution in [1.82, 2.24) is 0 Å². The summed E-state index contributed by atoms with van der Waals surface area (Å²) < 4.78 is 5.87. The summed E-state index contributed by atoms with van der Waals surface area (Å²) in [6.45, 7) is 11.2. The van der Waals surface area contributed by atoms with E-state index in [9.17, 15) is 5.11 Å². The second-order valence-electron chi connectivity index (χ2n) is 4.69. The molecule has 1 N–H and O–H groups in total. The molecule has 0 heterocycles. The van der Waals surface area contributed by atoms with Crippen LogP contribution in [0.15, 0.2) is 0 Å². The SMILES string of the molecule is CCC(O)(CC)CCOC(C)(CC)CC. The second kappa shape index (κ2) is 6.49. The first-order valence-electron chi connectivity index (χ1n) is 6.31. The summed E-state index contributed by atoms with van der Waals surface area (Å²) in [6, 6.07) is 0. The lowest BCUT2D eigenvalue weighted by Crippen LogP contribution is -2.33. The molecule has 0 atom stereocenters. The molecule has 0 aromatic heterocycles. The van der Waals surface area contributed by atoms with Crippen molar-refractivity contribution in [3.05, 3.63) is 0 Å². The summed E-state index contributed by atoms with van der Waals surface area (Å²) >= 11 is 0. The molecule has 0 saturated heterocycles. The first-order valence-corrected chi connectivity index (χ1v) is 6.31. The molecule has 0 aliphatic carbocycles. The predicted molar refractivity (Wildman–Crippen MR) is 65.1 cm³/mol. The van der Waals surface area contributed by atoms with Crippen molar-refractivity contribution < 1.29 is 9.84 Å². The lowest BCUT2D eigenvalue weighted by Gasteiger charge is -2.31. The van der Waals surface area contributed by atoms with Crippen molar-refractivity contribution in [3.8, 4) is 0 Å². The van der Waals surface area contributed by atoms with E-state index < -0.39 is 5.60 Å². The molecule has 0 bridgehead atoms. The Kier molecular flexibility index (Phi) is 6.46. The van der Waals surface area contributed by atoms with E-state index in [1.54, 1.807) is 0 Å². The Balaban J connectivity index is 3.96. The van der Waals surface area contributed by atoms with Gasteiger partial charge in [-0.15, -0.1) is 0 Å². The maximum atomic E-state index is 10.1. The normalized spacial score (nSPS) is 13.2. The molecule has 0 aliphatic heterocycles. The van der Waals surface area contributed by atoms with Crippen LogP contribution in [0.3, 0.4) is 0 Å². The summed E-state index contributed by atoms with van der Waals surface area (Å²) in [5.74, 6) is 0. The Morgan fingerprint density at radius 2 is 1.40 bits per heavy atom. The Morgan fingerprint density at radius 1 is 0.933 bits per heavy atom. The van der Waals surface area contributed by atoms with Gasteiger partial charge in [-0.25, -0.2) is 0 Å². The zero-order chi connectivity index (χ0) is 11.9. The van der Waals surface area contributed by atoms with Crippen molar-refractivity contribution in [3.63, 3.8) is 0 Å². The second-order valence-corrected chi connectivity index (χ2v) is 4.69. The highest BCUT2D eigenvalue weighted by molar-refractivity contribution is 4.76. The summed E-state index contributed by atoms with van der Waals surface area (Å²) in [4.78, 5) is 0. The van der Waals surface area contributed by atoms with Crippen molar-refractivity contribution in [2.24, 2.45) is 0 Å². The van der Waals surface area contributed by atoms with Gasteiger partial charge in [-0.2, -0.15) is 0 Å². The van der Waals surface area contributed by atoms with E-state index in [1.807, 2.05) is 13.8 Å². The van der Waals surface area contributed by atoms with Gasteiger partial charge in [0, 0.05) is 0 Å². The molecule has 0 unspecified atom stereocenters. The molecule has 2 nitrogen and oxygen atoms in total. The maximum absolute atomic E-state index is 10.1. The molecule has 0 aliphatic rings. The summed E-state index contributed by atoms with van der Waals surface area (Å²) in [7, 11) is 0. The monoisotopic (exact) mass is 216 g/mol. The van der Waals surface area contributed by atoms with E-state index in [0.717, 1.165) is 32.1 Å². The van der Waals surface area contributed by atoms with Crippen LogP contribution >= 0.6 is 0 Å². The van der Waals surface area contributed by atoms with Gasteiger partial charge in [-0.1, -0.05) is 27.7 Å². The van der Waals surface area contributed by atoms with Crippen LogP contribution in [0.5, 0.6) is 0 Å². The lowest BCUT2D eigenvalue weighted by atomic mass is 9.93. The fraction of sp³-hybridized carbons (Fsp3) is 1.00. The molecule has 0 rings (SSSR count). The predicted octanol–water partition coefficient (Wildman–Crippen LogP) is 3.52. The molecule has 2 heteroatoms. The van der Waals surface area contributed by atoms with Crippen LogP contribution in [0.25, 0.3) is 0 Å². The molecule has 0 amide bonds. The molecule has 0 spiro atoms. The molecule has 0 radical (unpaired) electrons. The summed E-state index contributed by atoms with van der Waals surface area (Å²) in [5.41, 5.74) is -0.537. The third kappa shape index (κ3) is 4.98. The van der Waals surface area contributed by atoms with Gasteiger partial charge in [0.2, 0.25) is 0 Å². The van der Waals surface area contributed by atoms with E-state index in [2.05, 4.69) is 20.8 Å². The fourth-order valence-electron chi connectivity index (χ4n) is 1.55. The maximum Gasteiger partial charge on any atom is 0.0664 e. The highest BCUT2D eigenvalue weighted by Gasteiger charge is 2.25. The molecule has 0 fully saturated rings. The van der Waals surface area contributed by atoms with E-state index in [0.29, 0.717) is 6.61 Å². The number of hydrogen-bond donors (Lipinski definition) is 1. The Labute approximate surface area is 95.0 Å². The number of rotatable bonds is 8. The molecular formula is C13H28O2. The molecule has 0 aromatic carbocycles. The van der Waals surface area contributed by atoms with Gasteiger partial charge in [0.1, 0.15) is 0 Å². The minimum absolute atomic E-state index is 0.0115. The third-order valence-corrected chi connectivity index (χ3v) is 3.83. The number of hydrogen-bond acceptors (Lipinski definition) is 2. The van der Waals surface area contributed by atoms with Crippen molar-refractivity contribution >= 4 is 0 Å². The van der Waals surface area contributed by atoms with Gasteiger partial charge in [0.05, 0.1) is 17.8 Å². The van der Waals surface area contributed by atoms with E-state index in [4.69, 9.17) is 4.74 Å². The summed E-state index contributed by atoms with van der Waals surface area (Å²) in [5, 5.41) is 10.1. The average molecular weight is 216 g/mol. The molecule has 0 aromatic rings. The highest BCUT2D eigenvalue weighted by Crippen LogP contribution is 2.23. The first-order chi connectivity index (χ1) is 6.95. The van der Waals surface area contributed by atoms with Crippen LogP contribution in [0.1, 0.15) is 66.7 Å². The van der Waals surface area contributed by atoms with Gasteiger partial charge in [0.15, 0.2) is 0 Å². The van der Waals surface area contributed by atoms with Gasteiger partial charge >= 0.3 is 0 Å². The van der Waals surface area contributed by atoms with Gasteiger partial charge < -0.3 is 9.84 Å². The average Bonchev–Trinajstić information content (AvgIpc) is 2.28. The Morgan fingerprint density at radius 3 is 1.73 bits per heavy atom. The lowest BCUT2D eigenvalue weighted by molar-refractivity contribution is -0.0702. The molecule has 92 valence electrons. The van der Waals surface area contributed by atoms with E-state index in [-0.39, 0.29) is 5.60 Å². The van der Waals surface area contributed by atoms with Crippen LogP contribution < -0.4 is 0 Å². The van der Waals surface area contributed by atoms with Gasteiger partial charge in [-0.3, -0.25) is 0 Å². The molecule has 0 saturated carbocycles. The quantitative estimate of drug-likeness (QED) is 0.672. The smallest absolute Gasteiger partial charge is 0.0664 e. The van der Waals surface area contributed by atoms with Crippen LogP contribution in [0, 0.1) is 0 Å². The number of aliphatic hydroxyl groups is 1. The van der Waals surface area contributed by atoms with Crippen LogP contribution in [0.2, 0.25) is 0 Å². The van der Waals surface area contributed by atoms with Crippen LogP contribution in [0.4, 0.5) is 0 Å². The summed E-state index contributed by atoms with van der Waals surface area (Å²) in [6.07, 6.45) is 4.42. The topological polar surface area (TPSA) is 29.5 Å². The van der Waals surface area contributed by atoms with Gasteiger partial charge in [0.25, 0.3) is 0 Å². The van der Waals surface area contributed by atoms with Gasteiger partial charge in [-0.05, 0) is 39.0 Å². The highest BCUT2D eigenvalue weighted by atomic mass is 16.5. The zero-order valence-electron chi connectivity index (χ0n) is 11.1. The van der Waals surface area contributed by atoms with Crippen LogP contribution in [-0.2, 0) is 4.74 Å². The van der Waals surface area contributed by atoms with E-state index >= 15 is 0 Å². The fourth-order valence-corrected chi connectivity index (χ4v) is 1.55. The van der Waals surface area contributed by atoms with Crippen LogP contribution in [-0.4, -0.2) is 22.9 Å². The first kappa shape index (κ1) is 14.9. The van der Waals surface area contributed by atoms with E-state index in [1.165, 1.54) is 0 Å². The Bertz CT molecular complexity index is 140. The standard InChI is InChI=1S/C13H28O2/c1-6-12(5,7-2)15-11-10-13(14,8-3)9-4/h14H,6-11H2,1-5H3. The van der Waals surface area contributed by atoms with Crippen molar-refractivity contribution in [2.75, 3.05) is 6.61 Å². The molecular weight excluding hydrogens is 188 g/mol. The molecule has 15 heavy (non-hydrogen) atoms. The minimum atomic E-state index is -0.525.